The number of benzene rings is 2. The fourth-order valence-corrected chi connectivity index (χ4v) is 5.75. The highest BCUT2D eigenvalue weighted by atomic mass is 32.2. The molecule has 10 heteroatoms. The molecule has 0 spiro atoms. The molecule has 0 bridgehead atoms. The molecule has 2 amide bonds. The minimum atomic E-state index is -3.56. The van der Waals surface area contributed by atoms with Crippen molar-refractivity contribution in [2.75, 3.05) is 32.5 Å². The molecule has 0 unspecified atom stereocenters. The van der Waals surface area contributed by atoms with Gasteiger partial charge in [0.1, 0.15) is 18.0 Å². The minimum absolute atomic E-state index is 0.0183. The monoisotopic (exact) mass is 571 g/mol. The number of carbonyl (C=O) groups excluding carboxylic acids is 2. The van der Waals surface area contributed by atoms with Crippen molar-refractivity contribution in [3.05, 3.63) is 65.7 Å². The number of rotatable bonds is 10. The minimum Gasteiger partial charge on any atom is -0.492 e. The van der Waals surface area contributed by atoms with E-state index in [1.54, 1.807) is 24.3 Å². The number of piperidine rings is 1. The van der Waals surface area contributed by atoms with Crippen molar-refractivity contribution in [2.45, 2.75) is 70.1 Å². The van der Waals surface area contributed by atoms with Crippen LogP contribution in [0.1, 0.15) is 57.1 Å². The summed E-state index contributed by atoms with van der Waals surface area (Å²) in [6, 6.07) is 17.8. The molecule has 0 radical (unpaired) electrons. The second-order valence-corrected chi connectivity index (χ2v) is 13.5. The van der Waals surface area contributed by atoms with E-state index in [2.05, 4.69) is 29.2 Å². The van der Waals surface area contributed by atoms with Gasteiger partial charge in [-0.15, -0.1) is 0 Å². The number of hydrogen-bond acceptors (Lipinski definition) is 7. The van der Waals surface area contributed by atoms with Gasteiger partial charge in [-0.2, -0.15) is 0 Å². The van der Waals surface area contributed by atoms with Crippen molar-refractivity contribution >= 4 is 22.0 Å². The SMILES string of the molecule is CC(C)(C)OC(=O)N(C1CCN(CCOc2ccc(CC(=O)NS(C)(=O)=O)cc2)CC1)[C@@H]1C[C@H]1c1ccccc1. The molecule has 40 heavy (non-hydrogen) atoms. The Hall–Kier alpha value is -3.11. The number of ether oxygens (including phenoxy) is 2. The van der Waals surface area contributed by atoms with E-state index >= 15 is 0 Å². The van der Waals surface area contributed by atoms with Crippen LogP contribution in [0.25, 0.3) is 0 Å². The van der Waals surface area contributed by atoms with Crippen LogP contribution in [0.3, 0.4) is 0 Å². The van der Waals surface area contributed by atoms with Gasteiger partial charge in [-0.05, 0) is 63.3 Å². The highest BCUT2D eigenvalue weighted by molar-refractivity contribution is 7.89. The van der Waals surface area contributed by atoms with Gasteiger partial charge < -0.3 is 14.4 Å². The summed E-state index contributed by atoms with van der Waals surface area (Å²) in [7, 11) is -3.56. The Labute approximate surface area is 237 Å². The number of likely N-dealkylation sites (tertiary alicyclic amines) is 1. The van der Waals surface area contributed by atoms with Crippen LogP contribution < -0.4 is 9.46 Å². The first-order chi connectivity index (χ1) is 18.9. The first-order valence-corrected chi connectivity index (χ1v) is 15.8. The maximum absolute atomic E-state index is 13.3. The summed E-state index contributed by atoms with van der Waals surface area (Å²) < 4.78 is 36.1. The van der Waals surface area contributed by atoms with Crippen molar-refractivity contribution in [2.24, 2.45) is 0 Å². The molecular formula is C30H41N3O6S. The topological polar surface area (TPSA) is 105 Å². The summed E-state index contributed by atoms with van der Waals surface area (Å²) in [5.74, 6) is 0.488. The average Bonchev–Trinajstić information content (AvgIpc) is 3.65. The molecule has 2 fully saturated rings. The van der Waals surface area contributed by atoms with E-state index in [9.17, 15) is 18.0 Å². The van der Waals surface area contributed by atoms with Gasteiger partial charge in [0.2, 0.25) is 15.9 Å². The van der Waals surface area contributed by atoms with E-state index in [4.69, 9.17) is 9.47 Å². The lowest BCUT2D eigenvalue weighted by Gasteiger charge is -2.39. The van der Waals surface area contributed by atoms with Gasteiger partial charge in [-0.1, -0.05) is 42.5 Å². The number of sulfonamides is 1. The number of hydrogen-bond donors (Lipinski definition) is 1. The predicted molar refractivity (Wildman–Crippen MR) is 154 cm³/mol. The van der Waals surface area contributed by atoms with E-state index in [0.29, 0.717) is 23.8 Å². The Morgan fingerprint density at radius 1 is 1.02 bits per heavy atom. The van der Waals surface area contributed by atoms with Gasteiger partial charge in [0.25, 0.3) is 0 Å². The lowest BCUT2D eigenvalue weighted by atomic mass is 10.0. The van der Waals surface area contributed by atoms with Gasteiger partial charge in [-0.3, -0.25) is 14.4 Å². The Kier molecular flexibility index (Phi) is 9.41. The fraction of sp³-hybridized carbons (Fsp3) is 0.533. The van der Waals surface area contributed by atoms with Crippen molar-refractivity contribution in [1.29, 1.82) is 0 Å². The molecule has 1 aliphatic carbocycles. The predicted octanol–water partition coefficient (Wildman–Crippen LogP) is 3.94. The molecule has 2 aromatic carbocycles. The molecule has 4 rings (SSSR count). The third-order valence-electron chi connectivity index (χ3n) is 7.16. The van der Waals surface area contributed by atoms with Gasteiger partial charge in [0.05, 0.1) is 12.7 Å². The third-order valence-corrected chi connectivity index (χ3v) is 7.76. The molecule has 2 aliphatic rings. The fourth-order valence-electron chi connectivity index (χ4n) is 5.26. The first-order valence-electron chi connectivity index (χ1n) is 13.9. The molecular weight excluding hydrogens is 530 g/mol. The number of carbonyl (C=O) groups is 2. The van der Waals surface area contributed by atoms with Crippen LogP contribution in [0.15, 0.2) is 54.6 Å². The van der Waals surface area contributed by atoms with Crippen molar-refractivity contribution in [1.82, 2.24) is 14.5 Å². The molecule has 2 atom stereocenters. The zero-order chi connectivity index (χ0) is 28.9. The summed E-state index contributed by atoms with van der Waals surface area (Å²) in [6.07, 6.45) is 3.47. The van der Waals surface area contributed by atoms with E-state index in [1.807, 2.05) is 36.5 Å². The zero-order valence-electron chi connectivity index (χ0n) is 23.8. The molecule has 218 valence electrons. The van der Waals surface area contributed by atoms with Gasteiger partial charge >= 0.3 is 6.09 Å². The van der Waals surface area contributed by atoms with Crippen LogP contribution in [0, 0.1) is 0 Å². The Morgan fingerprint density at radius 2 is 1.68 bits per heavy atom. The molecule has 1 aliphatic heterocycles. The number of nitrogens with zero attached hydrogens (tertiary/aromatic N) is 2. The van der Waals surface area contributed by atoms with Gasteiger partial charge in [-0.25, -0.2) is 13.2 Å². The quantitative estimate of drug-likeness (QED) is 0.461. The number of amides is 2. The van der Waals surface area contributed by atoms with Crippen molar-refractivity contribution in [3.63, 3.8) is 0 Å². The second kappa shape index (κ2) is 12.6. The lowest BCUT2D eigenvalue weighted by Crippen LogP contribution is -2.50. The largest absolute Gasteiger partial charge is 0.492 e. The van der Waals surface area contributed by atoms with E-state index in [1.165, 1.54) is 5.56 Å². The molecule has 1 heterocycles. The maximum atomic E-state index is 13.3. The lowest BCUT2D eigenvalue weighted by molar-refractivity contribution is -0.118. The summed E-state index contributed by atoms with van der Waals surface area (Å²) in [6.45, 7) is 8.79. The first kappa shape index (κ1) is 29.9. The van der Waals surface area contributed by atoms with E-state index in [-0.39, 0.29) is 24.6 Å². The Morgan fingerprint density at radius 3 is 2.27 bits per heavy atom. The Bertz CT molecular complexity index is 1250. The van der Waals surface area contributed by atoms with Crippen LogP contribution in [0.4, 0.5) is 4.79 Å². The van der Waals surface area contributed by atoms with Crippen LogP contribution in [0.5, 0.6) is 5.75 Å². The van der Waals surface area contributed by atoms with Crippen LogP contribution in [-0.2, 0) is 26.0 Å². The van der Waals surface area contributed by atoms with Crippen LogP contribution in [0.2, 0.25) is 0 Å². The van der Waals surface area contributed by atoms with Gasteiger partial charge in [0, 0.05) is 37.6 Å². The zero-order valence-corrected chi connectivity index (χ0v) is 24.7. The third kappa shape index (κ3) is 8.96. The molecule has 0 aromatic heterocycles. The normalized spacial score (nSPS) is 20.0. The Balaban J connectivity index is 1.25. The highest BCUT2D eigenvalue weighted by Crippen LogP contribution is 2.46. The van der Waals surface area contributed by atoms with E-state index < -0.39 is 21.5 Å². The molecule has 1 saturated heterocycles. The second-order valence-electron chi connectivity index (χ2n) is 11.7. The summed E-state index contributed by atoms with van der Waals surface area (Å²) in [5.41, 5.74) is 1.45. The smallest absolute Gasteiger partial charge is 0.410 e. The molecule has 1 saturated carbocycles. The summed E-state index contributed by atoms with van der Waals surface area (Å²) >= 11 is 0. The summed E-state index contributed by atoms with van der Waals surface area (Å²) in [4.78, 5) is 29.5. The van der Waals surface area contributed by atoms with Crippen LogP contribution >= 0.6 is 0 Å². The maximum Gasteiger partial charge on any atom is 0.410 e. The highest BCUT2D eigenvalue weighted by Gasteiger charge is 2.48. The van der Waals surface area contributed by atoms with Crippen LogP contribution in [-0.4, -0.2) is 80.4 Å². The molecule has 1 N–H and O–H groups in total. The summed E-state index contributed by atoms with van der Waals surface area (Å²) in [5, 5.41) is 0. The average molecular weight is 572 g/mol. The van der Waals surface area contributed by atoms with Gasteiger partial charge in [0.15, 0.2) is 0 Å². The van der Waals surface area contributed by atoms with Crippen molar-refractivity contribution < 1.29 is 27.5 Å². The molecule has 9 nitrogen and oxygen atoms in total. The standard InChI is InChI=1S/C30H41N3O6S/c1-30(2,3)39-29(35)33(27-21-26(27)23-8-6-5-7-9-23)24-14-16-32(17-15-24)18-19-38-25-12-10-22(11-13-25)20-28(34)31-40(4,36)37/h5-13,24,26-27H,14-21H2,1-4H3,(H,31,34)/t26-,27+/m0/s1. The number of nitrogens with one attached hydrogen (secondary N) is 1. The van der Waals surface area contributed by atoms with Crippen molar-refractivity contribution in [3.8, 4) is 5.75 Å². The van der Waals surface area contributed by atoms with E-state index in [0.717, 1.165) is 45.2 Å². The molecule has 2 aromatic rings.